The molecule has 2 atom stereocenters. The van der Waals surface area contributed by atoms with Crippen LogP contribution >= 0.6 is 0 Å². The van der Waals surface area contributed by atoms with E-state index in [1.54, 1.807) is 28.8 Å². The van der Waals surface area contributed by atoms with Crippen molar-refractivity contribution in [1.82, 2.24) is 15.1 Å². The molecule has 0 aromatic heterocycles. The quantitative estimate of drug-likeness (QED) is 0.700. The van der Waals surface area contributed by atoms with Crippen LogP contribution < -0.4 is 10.2 Å². The maximum absolute atomic E-state index is 13.9. The third kappa shape index (κ3) is 2.27. The fourth-order valence-corrected chi connectivity index (χ4v) is 5.12. The fraction of sp³-hybridized carbons (Fsp3) is 0.200. The van der Waals surface area contributed by atoms with Crippen molar-refractivity contribution in [3.8, 4) is 0 Å². The van der Waals surface area contributed by atoms with E-state index in [1.165, 1.54) is 0 Å². The van der Waals surface area contributed by atoms with Gasteiger partial charge in [-0.1, -0.05) is 78.4 Å². The van der Waals surface area contributed by atoms with Gasteiger partial charge in [0.1, 0.15) is 0 Å². The second-order valence-electron chi connectivity index (χ2n) is 8.12. The number of benzene rings is 3. The highest BCUT2D eigenvalue weighted by Gasteiger charge is 2.75. The monoisotopic (exact) mass is 412 g/mol. The van der Waals surface area contributed by atoms with Gasteiger partial charge in [-0.05, 0) is 19.1 Å². The van der Waals surface area contributed by atoms with Gasteiger partial charge in [-0.15, -0.1) is 0 Å². The molecule has 0 spiro atoms. The molecule has 4 amide bonds. The van der Waals surface area contributed by atoms with Crippen molar-refractivity contribution < 1.29 is 9.59 Å². The molecule has 0 radical (unpaired) electrons. The van der Waals surface area contributed by atoms with Gasteiger partial charge in [0.2, 0.25) is 0 Å². The Hall–Kier alpha value is -3.80. The van der Waals surface area contributed by atoms with E-state index in [0.29, 0.717) is 0 Å². The molecule has 2 aliphatic rings. The second-order valence-corrected chi connectivity index (χ2v) is 8.12. The van der Waals surface area contributed by atoms with Crippen LogP contribution in [0.3, 0.4) is 0 Å². The zero-order valence-electron chi connectivity index (χ0n) is 17.7. The van der Waals surface area contributed by atoms with E-state index < -0.39 is 11.3 Å². The van der Waals surface area contributed by atoms with Crippen molar-refractivity contribution in [3.05, 3.63) is 102 Å². The number of rotatable bonds is 3. The number of aryl methyl sites for hydroxylation is 1. The molecule has 1 N–H and O–H groups in total. The van der Waals surface area contributed by atoms with Crippen molar-refractivity contribution in [2.75, 3.05) is 19.0 Å². The first-order valence-corrected chi connectivity index (χ1v) is 10.3. The van der Waals surface area contributed by atoms with E-state index in [0.717, 1.165) is 22.4 Å². The summed E-state index contributed by atoms with van der Waals surface area (Å²) in [4.78, 5) is 32.2. The maximum Gasteiger partial charge on any atom is 0.328 e. The van der Waals surface area contributed by atoms with E-state index in [4.69, 9.17) is 0 Å². The largest absolute Gasteiger partial charge is 0.328 e. The number of anilines is 1. The van der Waals surface area contributed by atoms with Gasteiger partial charge >= 0.3 is 12.1 Å². The van der Waals surface area contributed by atoms with Gasteiger partial charge in [0.05, 0.1) is 0 Å². The molecule has 0 bridgehead atoms. The van der Waals surface area contributed by atoms with Gasteiger partial charge in [-0.3, -0.25) is 14.7 Å². The lowest BCUT2D eigenvalue weighted by atomic mass is 9.80. The van der Waals surface area contributed by atoms with E-state index in [-0.39, 0.29) is 12.1 Å². The minimum absolute atomic E-state index is 0.192. The van der Waals surface area contributed by atoms with Crippen LogP contribution in [0, 0.1) is 6.92 Å². The summed E-state index contributed by atoms with van der Waals surface area (Å²) in [5.41, 5.74) is 1.26. The molecular weight excluding hydrogens is 388 g/mol. The smallest absolute Gasteiger partial charge is 0.307 e. The molecule has 6 heteroatoms. The topological polar surface area (TPSA) is 55.9 Å². The van der Waals surface area contributed by atoms with Gasteiger partial charge in [0.15, 0.2) is 11.3 Å². The average Bonchev–Trinajstić information content (AvgIpc) is 3.15. The lowest BCUT2D eigenvalue weighted by Gasteiger charge is -2.46. The molecule has 6 nitrogen and oxygen atoms in total. The standard InChI is InChI=1S/C25H24N4O2/c1-18-14-16-19(17-15-18)24-25(27(2)22(30)26-24,20-10-6-4-7-11-20)29(23(31)28(24)3)21-12-8-5-9-13-21/h4-17H,1-3H3,(H,26,30). The molecule has 0 aliphatic carbocycles. The van der Waals surface area contributed by atoms with Crippen molar-refractivity contribution >= 4 is 17.7 Å². The molecule has 0 saturated carbocycles. The highest BCUT2D eigenvalue weighted by molar-refractivity contribution is 6.01. The molecule has 3 aromatic rings. The van der Waals surface area contributed by atoms with Crippen LogP contribution in [0.5, 0.6) is 0 Å². The summed E-state index contributed by atoms with van der Waals surface area (Å²) >= 11 is 0. The van der Waals surface area contributed by atoms with Crippen molar-refractivity contribution in [3.63, 3.8) is 0 Å². The summed E-state index contributed by atoms with van der Waals surface area (Å²) in [6, 6.07) is 26.8. The molecule has 31 heavy (non-hydrogen) atoms. The SMILES string of the molecule is Cc1ccc(C23NC(=O)N(C)C2(c2ccccc2)N(c2ccccc2)C(=O)N3C)cc1. The van der Waals surface area contributed by atoms with Gasteiger partial charge in [0, 0.05) is 30.9 Å². The fourth-order valence-electron chi connectivity index (χ4n) is 5.12. The van der Waals surface area contributed by atoms with E-state index in [2.05, 4.69) is 5.32 Å². The molecule has 2 heterocycles. The lowest BCUT2D eigenvalue weighted by Crippen LogP contribution is -2.62. The Morgan fingerprint density at radius 2 is 1.29 bits per heavy atom. The first kappa shape index (κ1) is 19.2. The predicted molar refractivity (Wildman–Crippen MR) is 119 cm³/mol. The summed E-state index contributed by atoms with van der Waals surface area (Å²) in [6.45, 7) is 2.02. The highest BCUT2D eigenvalue weighted by Crippen LogP contribution is 2.58. The average molecular weight is 412 g/mol. The number of nitrogens with one attached hydrogen (secondary N) is 1. The first-order valence-electron chi connectivity index (χ1n) is 10.3. The number of urea groups is 2. The molecule has 2 fully saturated rings. The molecule has 5 rings (SSSR count). The van der Waals surface area contributed by atoms with E-state index >= 15 is 0 Å². The lowest BCUT2D eigenvalue weighted by molar-refractivity contribution is 0.0618. The number of hydrogen-bond donors (Lipinski definition) is 1. The number of fused-ring (bicyclic) bond motifs is 1. The normalized spacial score (nSPS) is 25.1. The minimum atomic E-state index is -1.13. The summed E-state index contributed by atoms with van der Waals surface area (Å²) in [5.74, 6) is 0. The van der Waals surface area contributed by atoms with E-state index in [1.807, 2.05) is 91.9 Å². The van der Waals surface area contributed by atoms with Gasteiger partial charge in [0.25, 0.3) is 0 Å². The third-order valence-electron chi connectivity index (χ3n) is 6.55. The van der Waals surface area contributed by atoms with Crippen LogP contribution in [0.1, 0.15) is 16.7 Å². The number of carbonyl (C=O) groups is 2. The molecule has 2 aliphatic heterocycles. The number of para-hydroxylation sites is 1. The zero-order chi connectivity index (χ0) is 21.8. The number of amides is 4. The Morgan fingerprint density at radius 3 is 1.90 bits per heavy atom. The minimum Gasteiger partial charge on any atom is -0.307 e. The highest BCUT2D eigenvalue weighted by atomic mass is 16.2. The van der Waals surface area contributed by atoms with Crippen LogP contribution in [-0.4, -0.2) is 36.0 Å². The maximum atomic E-state index is 13.9. The van der Waals surface area contributed by atoms with Crippen LogP contribution in [0.2, 0.25) is 0 Å². The Balaban J connectivity index is 1.91. The number of likely N-dealkylation sites (N-methyl/N-ethyl adjacent to an activating group) is 2. The molecular formula is C25H24N4O2. The van der Waals surface area contributed by atoms with E-state index in [9.17, 15) is 9.59 Å². The van der Waals surface area contributed by atoms with Crippen molar-refractivity contribution in [1.29, 1.82) is 0 Å². The van der Waals surface area contributed by atoms with Crippen molar-refractivity contribution in [2.24, 2.45) is 0 Å². The Kier molecular flexibility index (Phi) is 4.09. The molecule has 2 saturated heterocycles. The summed E-state index contributed by atoms with van der Waals surface area (Å²) in [5, 5.41) is 3.18. The molecule has 2 unspecified atom stereocenters. The van der Waals surface area contributed by atoms with Crippen LogP contribution in [0.15, 0.2) is 84.9 Å². The number of carbonyl (C=O) groups excluding carboxylic acids is 2. The Morgan fingerprint density at radius 1 is 0.710 bits per heavy atom. The molecule has 156 valence electrons. The number of hydrogen-bond acceptors (Lipinski definition) is 2. The summed E-state index contributed by atoms with van der Waals surface area (Å²) in [7, 11) is 3.50. The summed E-state index contributed by atoms with van der Waals surface area (Å²) < 4.78 is 0. The van der Waals surface area contributed by atoms with Gasteiger partial charge in [-0.25, -0.2) is 9.59 Å². The van der Waals surface area contributed by atoms with Crippen LogP contribution in [0.4, 0.5) is 15.3 Å². The van der Waals surface area contributed by atoms with Crippen molar-refractivity contribution in [2.45, 2.75) is 18.2 Å². The van der Waals surface area contributed by atoms with Gasteiger partial charge in [-0.2, -0.15) is 0 Å². The Labute approximate surface area is 181 Å². The second kappa shape index (κ2) is 6.60. The Bertz CT molecular complexity index is 1150. The third-order valence-corrected chi connectivity index (χ3v) is 6.55. The first-order chi connectivity index (χ1) is 14.9. The predicted octanol–water partition coefficient (Wildman–Crippen LogP) is 4.23. The van der Waals surface area contributed by atoms with Crippen LogP contribution in [-0.2, 0) is 11.3 Å². The molecule has 3 aromatic carbocycles. The zero-order valence-corrected chi connectivity index (χ0v) is 17.7. The summed E-state index contributed by atoms with van der Waals surface area (Å²) in [6.07, 6.45) is 0. The van der Waals surface area contributed by atoms with Crippen LogP contribution in [0.25, 0.3) is 0 Å². The number of nitrogens with zero attached hydrogens (tertiary/aromatic N) is 3. The van der Waals surface area contributed by atoms with Gasteiger partial charge < -0.3 is 5.32 Å².